The van der Waals surface area contributed by atoms with Crippen LogP contribution in [0.3, 0.4) is 0 Å². The molecule has 0 spiro atoms. The highest BCUT2D eigenvalue weighted by Gasteiger charge is 2.11. The fourth-order valence-corrected chi connectivity index (χ4v) is 2.22. The lowest BCUT2D eigenvalue weighted by atomic mass is 10.0. The third kappa shape index (κ3) is 3.29. The Kier molecular flexibility index (Phi) is 4.17. The van der Waals surface area contributed by atoms with Crippen LogP contribution in [0.15, 0.2) is 36.5 Å². The van der Waals surface area contributed by atoms with Gasteiger partial charge in [0.2, 0.25) is 0 Å². The van der Waals surface area contributed by atoms with Gasteiger partial charge in [0.05, 0.1) is 5.69 Å². The first-order valence-corrected chi connectivity index (χ1v) is 6.68. The molecule has 0 aliphatic rings. The van der Waals surface area contributed by atoms with Crippen molar-refractivity contribution >= 4 is 22.6 Å². The number of rotatable bonds is 4. The summed E-state index contributed by atoms with van der Waals surface area (Å²) in [6.07, 6.45) is 2.90. The van der Waals surface area contributed by atoms with Crippen LogP contribution in [-0.2, 0) is 13.5 Å². The quantitative estimate of drug-likeness (QED) is 0.867. The maximum Gasteiger partial charge on any atom is 0.0643 e. The molecule has 1 N–H and O–H groups in total. The molecule has 0 saturated carbocycles. The number of nitrogens with zero attached hydrogens (tertiary/aromatic N) is 2. The molecule has 1 unspecified atom stereocenters. The van der Waals surface area contributed by atoms with E-state index in [0.29, 0.717) is 6.04 Å². The van der Waals surface area contributed by atoms with Crippen LogP contribution in [0.25, 0.3) is 0 Å². The summed E-state index contributed by atoms with van der Waals surface area (Å²) in [7, 11) is 3.94. The van der Waals surface area contributed by atoms with E-state index in [0.717, 1.165) is 12.1 Å². The molecule has 0 radical (unpaired) electrons. The zero-order valence-corrected chi connectivity index (χ0v) is 12.2. The molecule has 1 aromatic heterocycles. The number of likely N-dealkylation sites (N-methyl/N-ethyl adjacent to an activating group) is 1. The molecule has 1 heterocycles. The molecule has 90 valence electrons. The van der Waals surface area contributed by atoms with E-state index < -0.39 is 0 Å². The molecule has 0 amide bonds. The molecule has 3 nitrogen and oxygen atoms in total. The Hall–Kier alpha value is -0.880. The summed E-state index contributed by atoms with van der Waals surface area (Å²) in [4.78, 5) is 0. The van der Waals surface area contributed by atoms with Crippen LogP contribution < -0.4 is 5.32 Å². The highest BCUT2D eigenvalue weighted by Crippen LogP contribution is 2.18. The second kappa shape index (κ2) is 5.64. The predicted octanol–water partition coefficient (Wildman–Crippen LogP) is 2.53. The van der Waals surface area contributed by atoms with Gasteiger partial charge in [-0.2, -0.15) is 5.10 Å². The lowest BCUT2D eigenvalue weighted by Crippen LogP contribution is -2.19. The summed E-state index contributed by atoms with van der Waals surface area (Å²) in [5.74, 6) is 0. The second-order valence-corrected chi connectivity index (χ2v) is 5.32. The van der Waals surface area contributed by atoms with E-state index in [1.54, 1.807) is 0 Å². The number of hydrogen-bond acceptors (Lipinski definition) is 2. The summed E-state index contributed by atoms with van der Waals surface area (Å²) >= 11 is 2.32. The van der Waals surface area contributed by atoms with E-state index in [2.05, 4.69) is 63.3 Å². The monoisotopic (exact) mass is 341 g/mol. The van der Waals surface area contributed by atoms with E-state index >= 15 is 0 Å². The minimum absolute atomic E-state index is 0.321. The van der Waals surface area contributed by atoms with Crippen LogP contribution in [0.5, 0.6) is 0 Å². The van der Waals surface area contributed by atoms with Crippen molar-refractivity contribution in [1.82, 2.24) is 15.1 Å². The van der Waals surface area contributed by atoms with Crippen molar-refractivity contribution in [2.24, 2.45) is 7.05 Å². The van der Waals surface area contributed by atoms with Gasteiger partial charge in [0.25, 0.3) is 0 Å². The van der Waals surface area contributed by atoms with Crippen molar-refractivity contribution in [3.05, 3.63) is 51.4 Å². The van der Waals surface area contributed by atoms with Crippen molar-refractivity contribution in [3.63, 3.8) is 0 Å². The Labute approximate surface area is 115 Å². The molecular weight excluding hydrogens is 325 g/mol. The average Bonchev–Trinajstić information content (AvgIpc) is 2.73. The molecular formula is C13H16IN3. The third-order valence-electron chi connectivity index (χ3n) is 2.80. The first-order chi connectivity index (χ1) is 8.19. The van der Waals surface area contributed by atoms with Gasteiger partial charge in [0.15, 0.2) is 0 Å². The topological polar surface area (TPSA) is 29.9 Å². The molecule has 1 aromatic carbocycles. The Morgan fingerprint density at radius 3 is 2.53 bits per heavy atom. The van der Waals surface area contributed by atoms with E-state index in [1.165, 1.54) is 9.13 Å². The lowest BCUT2D eigenvalue weighted by molar-refractivity contribution is 0.577. The SMILES string of the molecule is CNC(Cc1ccn(C)n1)c1ccc(I)cc1. The average molecular weight is 341 g/mol. The molecule has 0 aliphatic heterocycles. The van der Waals surface area contributed by atoms with Crippen LogP contribution in [-0.4, -0.2) is 16.8 Å². The Bertz CT molecular complexity index is 476. The smallest absolute Gasteiger partial charge is 0.0643 e. The molecule has 4 heteroatoms. The molecule has 0 fully saturated rings. The van der Waals surface area contributed by atoms with E-state index in [-0.39, 0.29) is 0 Å². The van der Waals surface area contributed by atoms with Crippen LogP contribution in [0.2, 0.25) is 0 Å². The van der Waals surface area contributed by atoms with Crippen molar-refractivity contribution in [2.75, 3.05) is 7.05 Å². The summed E-state index contributed by atoms with van der Waals surface area (Å²) in [6, 6.07) is 11.0. The molecule has 2 rings (SSSR count). The number of aromatic nitrogens is 2. The summed E-state index contributed by atoms with van der Waals surface area (Å²) < 4.78 is 3.11. The van der Waals surface area contributed by atoms with Gasteiger partial charge in [0, 0.05) is 29.3 Å². The zero-order chi connectivity index (χ0) is 12.3. The number of aryl methyl sites for hydroxylation is 1. The highest BCUT2D eigenvalue weighted by atomic mass is 127. The van der Waals surface area contributed by atoms with Gasteiger partial charge in [-0.25, -0.2) is 0 Å². The second-order valence-electron chi connectivity index (χ2n) is 4.08. The first kappa shape index (κ1) is 12.6. The summed E-state index contributed by atoms with van der Waals surface area (Å²) in [6.45, 7) is 0. The normalized spacial score (nSPS) is 12.6. The van der Waals surface area contributed by atoms with Crippen LogP contribution in [0, 0.1) is 3.57 Å². The number of halogens is 1. The first-order valence-electron chi connectivity index (χ1n) is 5.60. The minimum atomic E-state index is 0.321. The van der Waals surface area contributed by atoms with E-state index in [1.807, 2.05) is 25.0 Å². The minimum Gasteiger partial charge on any atom is -0.313 e. The van der Waals surface area contributed by atoms with Crippen molar-refractivity contribution < 1.29 is 0 Å². The van der Waals surface area contributed by atoms with E-state index in [4.69, 9.17) is 0 Å². The number of hydrogen-bond donors (Lipinski definition) is 1. The zero-order valence-electron chi connectivity index (χ0n) is 10.0. The summed E-state index contributed by atoms with van der Waals surface area (Å²) in [5, 5.41) is 7.76. The van der Waals surface area contributed by atoms with Gasteiger partial charge in [-0.15, -0.1) is 0 Å². The van der Waals surface area contributed by atoms with Crippen LogP contribution in [0.4, 0.5) is 0 Å². The molecule has 0 bridgehead atoms. The van der Waals surface area contributed by atoms with Gasteiger partial charge in [-0.05, 0) is 53.4 Å². The number of nitrogens with one attached hydrogen (secondary N) is 1. The van der Waals surface area contributed by atoms with Crippen molar-refractivity contribution in [2.45, 2.75) is 12.5 Å². The fourth-order valence-electron chi connectivity index (χ4n) is 1.86. The van der Waals surface area contributed by atoms with Crippen molar-refractivity contribution in [1.29, 1.82) is 0 Å². The third-order valence-corrected chi connectivity index (χ3v) is 3.52. The lowest BCUT2D eigenvalue weighted by Gasteiger charge is -2.15. The Morgan fingerprint density at radius 1 is 1.29 bits per heavy atom. The maximum atomic E-state index is 4.42. The molecule has 0 aliphatic carbocycles. The van der Waals surface area contributed by atoms with Crippen LogP contribution in [0.1, 0.15) is 17.3 Å². The maximum absolute atomic E-state index is 4.42. The van der Waals surface area contributed by atoms with Gasteiger partial charge >= 0.3 is 0 Å². The molecule has 2 aromatic rings. The molecule has 0 saturated heterocycles. The fraction of sp³-hybridized carbons (Fsp3) is 0.308. The van der Waals surface area contributed by atoms with Crippen LogP contribution >= 0.6 is 22.6 Å². The van der Waals surface area contributed by atoms with Gasteiger partial charge < -0.3 is 5.32 Å². The largest absolute Gasteiger partial charge is 0.313 e. The Morgan fingerprint density at radius 2 is 2.00 bits per heavy atom. The standard InChI is InChI=1S/C13H16IN3/c1-15-13(9-12-7-8-17(2)16-12)10-3-5-11(14)6-4-10/h3-8,13,15H,9H2,1-2H3. The molecule has 17 heavy (non-hydrogen) atoms. The summed E-state index contributed by atoms with van der Waals surface area (Å²) in [5.41, 5.74) is 2.42. The number of benzene rings is 1. The Balaban J connectivity index is 2.13. The highest BCUT2D eigenvalue weighted by molar-refractivity contribution is 14.1. The van der Waals surface area contributed by atoms with Gasteiger partial charge in [-0.3, -0.25) is 4.68 Å². The van der Waals surface area contributed by atoms with Crippen molar-refractivity contribution in [3.8, 4) is 0 Å². The van der Waals surface area contributed by atoms with E-state index in [9.17, 15) is 0 Å². The predicted molar refractivity (Wildman–Crippen MR) is 77.9 cm³/mol. The van der Waals surface area contributed by atoms with Gasteiger partial charge in [-0.1, -0.05) is 12.1 Å². The van der Waals surface area contributed by atoms with Gasteiger partial charge in [0.1, 0.15) is 0 Å². The molecule has 1 atom stereocenters.